The zero-order chi connectivity index (χ0) is 11.4. The van der Waals surface area contributed by atoms with Crippen LogP contribution < -0.4 is 10.6 Å². The number of methoxy groups -OCH3 is 1. The molecule has 1 rings (SSSR count). The minimum Gasteiger partial charge on any atom is -0.490 e. The summed E-state index contributed by atoms with van der Waals surface area (Å²) in [5, 5.41) is 14.2. The molecule has 0 heterocycles. The summed E-state index contributed by atoms with van der Waals surface area (Å²) in [6.45, 7) is 1.67. The van der Waals surface area contributed by atoms with Crippen molar-refractivity contribution in [1.29, 1.82) is 0 Å². The van der Waals surface area contributed by atoms with Gasteiger partial charge in [0.1, 0.15) is 0 Å². The summed E-state index contributed by atoms with van der Waals surface area (Å²) in [4.78, 5) is 10.2. The van der Waals surface area contributed by atoms with E-state index in [9.17, 15) is 10.1 Å². The lowest BCUT2D eigenvalue weighted by atomic mass is 10.1. The fraction of sp³-hybridized carbons (Fsp3) is 0.222. The molecule has 0 bridgehead atoms. The zero-order valence-corrected chi connectivity index (χ0v) is 8.43. The van der Waals surface area contributed by atoms with Crippen molar-refractivity contribution in [2.45, 2.75) is 6.92 Å². The molecule has 0 atom stereocenters. The highest BCUT2D eigenvalue weighted by atomic mass is 16.6. The maximum atomic E-state index is 10.7. The van der Waals surface area contributed by atoms with Crippen LogP contribution in [0.4, 0.5) is 5.69 Å². The first-order chi connectivity index (χ1) is 7.10. The summed E-state index contributed by atoms with van der Waals surface area (Å²) in [6.07, 6.45) is 0. The third kappa shape index (κ3) is 2.22. The average Bonchev–Trinajstić information content (AvgIpc) is 2.27. The Hall–Kier alpha value is -2.11. The van der Waals surface area contributed by atoms with Gasteiger partial charge in [-0.1, -0.05) is 0 Å². The Labute approximate surface area is 86.5 Å². The monoisotopic (exact) mass is 209 g/mol. The maximum absolute atomic E-state index is 10.7. The highest BCUT2D eigenvalue weighted by molar-refractivity contribution is 5.99. The fourth-order valence-electron chi connectivity index (χ4n) is 1.13. The Bertz CT molecular complexity index is 415. The Morgan fingerprint density at radius 3 is 2.73 bits per heavy atom. The molecule has 1 aromatic carbocycles. The van der Waals surface area contributed by atoms with Crippen molar-refractivity contribution in [2.75, 3.05) is 7.11 Å². The first kappa shape index (κ1) is 11.0. The summed E-state index contributed by atoms with van der Waals surface area (Å²) in [5.41, 5.74) is 1.03. The second-order valence-corrected chi connectivity index (χ2v) is 2.86. The quantitative estimate of drug-likeness (QED) is 0.351. The molecule has 0 aromatic heterocycles. The predicted octanol–water partition coefficient (Wildman–Crippen LogP) is 1.29. The van der Waals surface area contributed by atoms with Crippen LogP contribution in [0.1, 0.15) is 12.5 Å². The number of nitrogens with two attached hydrogens (primary N) is 1. The second kappa shape index (κ2) is 4.41. The molecule has 2 N–H and O–H groups in total. The van der Waals surface area contributed by atoms with Gasteiger partial charge in [-0.15, -0.1) is 0 Å². The van der Waals surface area contributed by atoms with Crippen molar-refractivity contribution >= 4 is 11.4 Å². The van der Waals surface area contributed by atoms with Crippen molar-refractivity contribution < 1.29 is 9.66 Å². The van der Waals surface area contributed by atoms with E-state index in [1.807, 2.05) is 0 Å². The number of rotatable bonds is 3. The molecule has 0 aliphatic rings. The first-order valence-electron chi connectivity index (χ1n) is 4.17. The first-order valence-corrected chi connectivity index (χ1v) is 4.17. The van der Waals surface area contributed by atoms with Crippen molar-refractivity contribution in [1.82, 2.24) is 0 Å². The van der Waals surface area contributed by atoms with Crippen LogP contribution in [0.25, 0.3) is 0 Å². The topological polar surface area (TPSA) is 90.8 Å². The molecule has 0 unspecified atom stereocenters. The Balaban J connectivity index is 3.28. The number of nitro benzene ring substituents is 1. The third-order valence-electron chi connectivity index (χ3n) is 1.99. The van der Waals surface area contributed by atoms with Gasteiger partial charge in [-0.2, -0.15) is 5.10 Å². The van der Waals surface area contributed by atoms with Crippen molar-refractivity contribution in [2.24, 2.45) is 10.9 Å². The van der Waals surface area contributed by atoms with Crippen molar-refractivity contribution in [3.8, 4) is 5.75 Å². The SMILES string of the molecule is COc1ccc(/C(C)=N\N)cc1[N+](=O)[O-]. The van der Waals surface area contributed by atoms with E-state index in [-0.39, 0.29) is 11.4 Å². The summed E-state index contributed by atoms with van der Waals surface area (Å²) < 4.78 is 4.86. The van der Waals surface area contributed by atoms with Gasteiger partial charge in [0.25, 0.3) is 0 Å². The highest BCUT2D eigenvalue weighted by Gasteiger charge is 2.15. The van der Waals surface area contributed by atoms with Crippen LogP contribution in [0.2, 0.25) is 0 Å². The number of nitro groups is 1. The Morgan fingerprint density at radius 1 is 1.60 bits per heavy atom. The van der Waals surface area contributed by atoms with E-state index < -0.39 is 4.92 Å². The van der Waals surface area contributed by atoms with Gasteiger partial charge in [-0.3, -0.25) is 10.1 Å². The van der Waals surface area contributed by atoms with Crippen LogP contribution in [0.15, 0.2) is 23.3 Å². The lowest BCUT2D eigenvalue weighted by Gasteiger charge is -2.03. The molecule has 0 saturated carbocycles. The van der Waals surface area contributed by atoms with E-state index in [2.05, 4.69) is 5.10 Å². The lowest BCUT2D eigenvalue weighted by molar-refractivity contribution is -0.385. The van der Waals surface area contributed by atoms with Gasteiger partial charge in [0.2, 0.25) is 0 Å². The molecule has 0 spiro atoms. The molecule has 6 heteroatoms. The largest absolute Gasteiger partial charge is 0.490 e. The van der Waals surface area contributed by atoms with Crippen molar-refractivity contribution in [3.05, 3.63) is 33.9 Å². The van der Waals surface area contributed by atoms with E-state index in [1.165, 1.54) is 19.2 Å². The summed E-state index contributed by atoms with van der Waals surface area (Å²) in [6, 6.07) is 4.56. The molecule has 0 saturated heterocycles. The molecule has 6 nitrogen and oxygen atoms in total. The van der Waals surface area contributed by atoms with Crippen LogP contribution in [-0.4, -0.2) is 17.7 Å². The standard InChI is InChI=1S/C9H11N3O3/c1-6(11-10)7-3-4-9(15-2)8(5-7)12(13)14/h3-5H,10H2,1-2H3/b11-6-. The van der Waals surface area contributed by atoms with Crippen LogP contribution in [0, 0.1) is 10.1 Å². The van der Waals surface area contributed by atoms with Gasteiger partial charge in [-0.05, 0) is 19.1 Å². The normalized spacial score (nSPS) is 11.2. The minimum atomic E-state index is -0.508. The predicted molar refractivity (Wildman–Crippen MR) is 56.0 cm³/mol. The third-order valence-corrected chi connectivity index (χ3v) is 1.99. The van der Waals surface area contributed by atoms with Gasteiger partial charge >= 0.3 is 5.69 Å². The van der Waals surface area contributed by atoms with E-state index in [1.54, 1.807) is 13.0 Å². The summed E-state index contributed by atoms with van der Waals surface area (Å²) >= 11 is 0. The van der Waals surface area contributed by atoms with Gasteiger partial charge in [0, 0.05) is 11.6 Å². The molecular weight excluding hydrogens is 198 g/mol. The molecular formula is C9H11N3O3. The number of hydrazone groups is 1. The van der Waals surface area contributed by atoms with Crippen LogP contribution >= 0.6 is 0 Å². The fourth-order valence-corrected chi connectivity index (χ4v) is 1.13. The number of nitrogens with zero attached hydrogens (tertiary/aromatic N) is 2. The number of hydrogen-bond donors (Lipinski definition) is 1. The Kier molecular flexibility index (Phi) is 3.22. The Morgan fingerprint density at radius 2 is 2.27 bits per heavy atom. The van der Waals surface area contributed by atoms with Gasteiger partial charge in [0.15, 0.2) is 5.75 Å². The number of hydrogen-bond acceptors (Lipinski definition) is 5. The molecule has 1 aromatic rings. The van der Waals surface area contributed by atoms with Gasteiger partial charge in [0.05, 0.1) is 17.7 Å². The smallest absolute Gasteiger partial charge is 0.311 e. The average molecular weight is 209 g/mol. The van der Waals surface area contributed by atoms with E-state index >= 15 is 0 Å². The highest BCUT2D eigenvalue weighted by Crippen LogP contribution is 2.27. The van der Waals surface area contributed by atoms with E-state index in [0.29, 0.717) is 11.3 Å². The van der Waals surface area contributed by atoms with E-state index in [0.717, 1.165) is 0 Å². The maximum Gasteiger partial charge on any atom is 0.311 e. The lowest BCUT2D eigenvalue weighted by Crippen LogP contribution is -2.01. The van der Waals surface area contributed by atoms with E-state index in [4.69, 9.17) is 10.6 Å². The molecule has 0 amide bonds. The van der Waals surface area contributed by atoms with Gasteiger partial charge in [-0.25, -0.2) is 0 Å². The van der Waals surface area contributed by atoms with Crippen LogP contribution in [-0.2, 0) is 0 Å². The molecule has 80 valence electrons. The minimum absolute atomic E-state index is 0.0991. The number of ether oxygens (including phenoxy) is 1. The van der Waals surface area contributed by atoms with Crippen LogP contribution in [0.5, 0.6) is 5.75 Å². The number of benzene rings is 1. The van der Waals surface area contributed by atoms with Crippen molar-refractivity contribution in [3.63, 3.8) is 0 Å². The molecule has 15 heavy (non-hydrogen) atoms. The molecule has 0 aliphatic carbocycles. The molecule has 0 fully saturated rings. The molecule has 0 radical (unpaired) electrons. The van der Waals surface area contributed by atoms with Gasteiger partial charge < -0.3 is 10.6 Å². The summed E-state index contributed by atoms with van der Waals surface area (Å²) in [7, 11) is 1.38. The van der Waals surface area contributed by atoms with Crippen LogP contribution in [0.3, 0.4) is 0 Å². The zero-order valence-electron chi connectivity index (χ0n) is 8.43. The molecule has 0 aliphatic heterocycles. The summed E-state index contributed by atoms with van der Waals surface area (Å²) in [5.74, 6) is 5.30. The second-order valence-electron chi connectivity index (χ2n) is 2.86.